The van der Waals surface area contributed by atoms with Crippen LogP contribution in [0.5, 0.6) is 0 Å². The number of hydrogen-bond donors (Lipinski definition) is 1. The van der Waals surface area contributed by atoms with Gasteiger partial charge in [0.15, 0.2) is 0 Å². The molecule has 0 radical (unpaired) electrons. The molecule has 22 heavy (non-hydrogen) atoms. The number of rotatable bonds is 6. The zero-order chi connectivity index (χ0) is 15.2. The molecule has 0 unspecified atom stereocenters. The fourth-order valence-corrected chi connectivity index (χ4v) is 2.84. The van der Waals surface area contributed by atoms with Crippen molar-refractivity contribution in [3.05, 3.63) is 71.8 Å². The third kappa shape index (κ3) is 4.17. The second-order valence-electron chi connectivity index (χ2n) is 5.80. The number of aliphatic hydroxyl groups excluding tert-OH is 1. The maximum absolute atomic E-state index is 9.90. The first-order valence-electron chi connectivity index (χ1n) is 7.80. The van der Waals surface area contributed by atoms with Crippen LogP contribution in [0.25, 0.3) is 0 Å². The van der Waals surface area contributed by atoms with Crippen LogP contribution in [0.4, 0.5) is 0 Å². The van der Waals surface area contributed by atoms with Crippen LogP contribution in [0.2, 0.25) is 0 Å². The molecule has 3 heteroatoms. The molecule has 1 aliphatic carbocycles. The average Bonchev–Trinajstić information content (AvgIpc) is 2.93. The van der Waals surface area contributed by atoms with Crippen molar-refractivity contribution in [2.75, 3.05) is 0 Å². The summed E-state index contributed by atoms with van der Waals surface area (Å²) in [6, 6.07) is 20.2. The van der Waals surface area contributed by atoms with E-state index in [-0.39, 0.29) is 18.3 Å². The predicted octanol–water partition coefficient (Wildman–Crippen LogP) is 3.31. The first-order valence-corrected chi connectivity index (χ1v) is 7.80. The van der Waals surface area contributed by atoms with Crippen molar-refractivity contribution in [3.63, 3.8) is 0 Å². The highest BCUT2D eigenvalue weighted by Gasteiger charge is 2.34. The quantitative estimate of drug-likeness (QED) is 0.889. The van der Waals surface area contributed by atoms with Crippen LogP contribution in [0.3, 0.4) is 0 Å². The van der Waals surface area contributed by atoms with Crippen molar-refractivity contribution >= 4 is 0 Å². The Morgan fingerprint density at radius 3 is 1.55 bits per heavy atom. The minimum absolute atomic E-state index is 0.0427. The SMILES string of the molecule is OC1C[C@H](OCc2ccccc2)[C@@H](OCc2ccccc2)C1. The molecule has 1 saturated carbocycles. The lowest BCUT2D eigenvalue weighted by Gasteiger charge is -2.20. The van der Waals surface area contributed by atoms with Gasteiger partial charge in [-0.25, -0.2) is 0 Å². The number of aliphatic hydroxyl groups is 1. The van der Waals surface area contributed by atoms with Gasteiger partial charge >= 0.3 is 0 Å². The summed E-state index contributed by atoms with van der Waals surface area (Å²) in [6.45, 7) is 1.12. The van der Waals surface area contributed by atoms with E-state index in [0.717, 1.165) is 11.1 Å². The van der Waals surface area contributed by atoms with Crippen molar-refractivity contribution in [1.29, 1.82) is 0 Å². The van der Waals surface area contributed by atoms with Gasteiger partial charge in [-0.05, 0) is 11.1 Å². The van der Waals surface area contributed by atoms with Gasteiger partial charge in [0.25, 0.3) is 0 Å². The molecule has 0 amide bonds. The van der Waals surface area contributed by atoms with Crippen molar-refractivity contribution in [2.24, 2.45) is 0 Å². The van der Waals surface area contributed by atoms with Gasteiger partial charge in [-0.15, -0.1) is 0 Å². The molecule has 2 aromatic rings. The molecule has 0 spiro atoms. The summed E-state index contributed by atoms with van der Waals surface area (Å²) in [5.41, 5.74) is 2.29. The Hall–Kier alpha value is -1.68. The lowest BCUT2D eigenvalue weighted by molar-refractivity contribution is -0.0686. The maximum Gasteiger partial charge on any atom is 0.0867 e. The molecular weight excluding hydrogens is 276 g/mol. The molecule has 2 atom stereocenters. The minimum Gasteiger partial charge on any atom is -0.393 e. The van der Waals surface area contributed by atoms with E-state index in [1.165, 1.54) is 0 Å². The van der Waals surface area contributed by atoms with E-state index in [0.29, 0.717) is 26.1 Å². The molecule has 1 N–H and O–H groups in total. The predicted molar refractivity (Wildman–Crippen MR) is 85.3 cm³/mol. The van der Waals surface area contributed by atoms with E-state index < -0.39 is 0 Å². The standard InChI is InChI=1S/C19H22O3/c20-17-11-18(21-13-15-7-3-1-4-8-15)19(12-17)22-14-16-9-5-2-6-10-16/h1-10,17-20H,11-14H2/t18-,19-/m0/s1. The van der Waals surface area contributed by atoms with Crippen LogP contribution in [0.15, 0.2) is 60.7 Å². The first-order chi connectivity index (χ1) is 10.8. The highest BCUT2D eigenvalue weighted by Crippen LogP contribution is 2.27. The van der Waals surface area contributed by atoms with Gasteiger partial charge in [-0.2, -0.15) is 0 Å². The van der Waals surface area contributed by atoms with Gasteiger partial charge in [-0.1, -0.05) is 60.7 Å². The molecule has 1 fully saturated rings. The summed E-state index contributed by atoms with van der Waals surface area (Å²) >= 11 is 0. The van der Waals surface area contributed by atoms with Gasteiger partial charge < -0.3 is 14.6 Å². The summed E-state index contributed by atoms with van der Waals surface area (Å²) in [6.07, 6.45) is 0.873. The van der Waals surface area contributed by atoms with Crippen molar-refractivity contribution < 1.29 is 14.6 Å². The number of ether oxygens (including phenoxy) is 2. The molecule has 0 saturated heterocycles. The van der Waals surface area contributed by atoms with E-state index in [4.69, 9.17) is 9.47 Å². The van der Waals surface area contributed by atoms with Gasteiger partial charge in [0.1, 0.15) is 0 Å². The Bertz CT molecular complexity index is 504. The molecule has 0 aromatic heterocycles. The molecule has 2 aromatic carbocycles. The van der Waals surface area contributed by atoms with E-state index in [1.807, 2.05) is 60.7 Å². The molecule has 116 valence electrons. The monoisotopic (exact) mass is 298 g/mol. The lowest BCUT2D eigenvalue weighted by atomic mass is 10.2. The third-order valence-electron chi connectivity index (χ3n) is 4.04. The Kier molecular flexibility index (Phi) is 5.22. The highest BCUT2D eigenvalue weighted by atomic mass is 16.5. The first kappa shape index (κ1) is 15.2. The van der Waals surface area contributed by atoms with Gasteiger partial charge in [-0.3, -0.25) is 0 Å². The number of hydrogen-bond acceptors (Lipinski definition) is 3. The Balaban J connectivity index is 1.53. The Morgan fingerprint density at radius 2 is 1.14 bits per heavy atom. The summed E-state index contributed by atoms with van der Waals surface area (Å²) in [5.74, 6) is 0. The Labute approximate surface area is 131 Å². The van der Waals surface area contributed by atoms with Gasteiger partial charge in [0.05, 0.1) is 31.5 Å². The second kappa shape index (κ2) is 7.54. The fraction of sp³-hybridized carbons (Fsp3) is 0.368. The van der Waals surface area contributed by atoms with Gasteiger partial charge in [0.2, 0.25) is 0 Å². The van der Waals surface area contributed by atoms with Crippen LogP contribution in [-0.4, -0.2) is 23.4 Å². The fourth-order valence-electron chi connectivity index (χ4n) is 2.84. The third-order valence-corrected chi connectivity index (χ3v) is 4.04. The summed E-state index contributed by atoms with van der Waals surface area (Å²) in [4.78, 5) is 0. The summed E-state index contributed by atoms with van der Waals surface area (Å²) in [7, 11) is 0. The second-order valence-corrected chi connectivity index (χ2v) is 5.80. The molecule has 1 aliphatic rings. The van der Waals surface area contributed by atoms with Crippen LogP contribution >= 0.6 is 0 Å². The normalized spacial score (nSPS) is 22.0. The molecule has 0 bridgehead atoms. The Morgan fingerprint density at radius 1 is 0.727 bits per heavy atom. The van der Waals surface area contributed by atoms with E-state index >= 15 is 0 Å². The molecule has 3 rings (SSSR count). The van der Waals surface area contributed by atoms with Gasteiger partial charge in [0, 0.05) is 12.8 Å². The molecule has 0 aliphatic heterocycles. The van der Waals surface area contributed by atoms with E-state index in [9.17, 15) is 5.11 Å². The highest BCUT2D eigenvalue weighted by molar-refractivity contribution is 5.14. The maximum atomic E-state index is 9.90. The summed E-state index contributed by atoms with van der Waals surface area (Å²) in [5, 5.41) is 9.90. The van der Waals surface area contributed by atoms with Crippen molar-refractivity contribution in [2.45, 2.75) is 44.4 Å². The zero-order valence-corrected chi connectivity index (χ0v) is 12.6. The van der Waals surface area contributed by atoms with Crippen LogP contribution < -0.4 is 0 Å². The minimum atomic E-state index is -0.332. The average molecular weight is 298 g/mol. The zero-order valence-electron chi connectivity index (χ0n) is 12.6. The van der Waals surface area contributed by atoms with Crippen LogP contribution in [0, 0.1) is 0 Å². The molecule has 3 nitrogen and oxygen atoms in total. The van der Waals surface area contributed by atoms with Crippen molar-refractivity contribution in [3.8, 4) is 0 Å². The van der Waals surface area contributed by atoms with Crippen LogP contribution in [-0.2, 0) is 22.7 Å². The topological polar surface area (TPSA) is 38.7 Å². The molecule has 0 heterocycles. The smallest absolute Gasteiger partial charge is 0.0867 e. The molecular formula is C19H22O3. The van der Waals surface area contributed by atoms with E-state index in [1.54, 1.807) is 0 Å². The largest absolute Gasteiger partial charge is 0.393 e. The lowest BCUT2D eigenvalue weighted by Crippen LogP contribution is -2.26. The van der Waals surface area contributed by atoms with E-state index in [2.05, 4.69) is 0 Å². The van der Waals surface area contributed by atoms with Crippen LogP contribution in [0.1, 0.15) is 24.0 Å². The number of benzene rings is 2. The van der Waals surface area contributed by atoms with Crippen molar-refractivity contribution in [1.82, 2.24) is 0 Å². The summed E-state index contributed by atoms with van der Waals surface area (Å²) < 4.78 is 12.0.